The first-order chi connectivity index (χ1) is 15.0. The van der Waals surface area contributed by atoms with Crippen molar-refractivity contribution >= 4 is 23.3 Å². The number of nitrogens with zero attached hydrogens (tertiary/aromatic N) is 2. The van der Waals surface area contributed by atoms with Crippen LogP contribution in [0.5, 0.6) is 0 Å². The first-order valence-corrected chi connectivity index (χ1v) is 12.3. The Morgan fingerprint density at radius 3 is 2.39 bits per heavy atom. The molecule has 31 heavy (non-hydrogen) atoms. The molecule has 5 nitrogen and oxygen atoms in total. The molecule has 1 saturated carbocycles. The Morgan fingerprint density at radius 2 is 1.74 bits per heavy atom. The predicted octanol–water partition coefficient (Wildman–Crippen LogP) is 5.28. The Bertz CT molecular complexity index is 801. The van der Waals surface area contributed by atoms with E-state index in [0.29, 0.717) is 25.6 Å². The van der Waals surface area contributed by atoms with Crippen LogP contribution in [-0.2, 0) is 17.9 Å². The highest BCUT2D eigenvalue weighted by atomic mass is 32.1. The van der Waals surface area contributed by atoms with E-state index < -0.39 is 0 Å². The lowest BCUT2D eigenvalue weighted by atomic mass is 9.96. The largest absolute Gasteiger partial charge is 0.335 e. The summed E-state index contributed by atoms with van der Waals surface area (Å²) in [6.45, 7) is 5.94. The first-order valence-electron chi connectivity index (χ1n) is 11.4. The maximum atomic E-state index is 13.4. The Balaban J connectivity index is 1.69. The topological polar surface area (TPSA) is 52.7 Å². The molecule has 0 radical (unpaired) electrons. The molecule has 2 aromatic rings. The maximum absolute atomic E-state index is 13.4. The normalized spacial score (nSPS) is 14.4. The van der Waals surface area contributed by atoms with Gasteiger partial charge < -0.3 is 15.1 Å². The van der Waals surface area contributed by atoms with Crippen LogP contribution in [0.2, 0.25) is 0 Å². The quantitative estimate of drug-likeness (QED) is 0.576. The highest BCUT2D eigenvalue weighted by molar-refractivity contribution is 7.09. The standard InChI is InChI=1S/C25H35N3O2S/c1-20(2)16-28(25(30)26-22-12-7-4-8-13-22)19-24(29)27(18-23-14-9-15-31-23)17-21-10-5-3-6-11-21/h3,5-6,9-11,14-15,20,22H,4,7-8,12-13,16-19H2,1-2H3,(H,26,30). The molecular weight excluding hydrogens is 406 g/mol. The lowest BCUT2D eigenvalue weighted by molar-refractivity contribution is -0.133. The van der Waals surface area contributed by atoms with Gasteiger partial charge in [-0.05, 0) is 35.8 Å². The lowest BCUT2D eigenvalue weighted by Gasteiger charge is -2.31. The summed E-state index contributed by atoms with van der Waals surface area (Å²) in [5.74, 6) is 0.279. The first kappa shape index (κ1) is 23.3. The van der Waals surface area contributed by atoms with Crippen LogP contribution in [0, 0.1) is 5.92 Å². The van der Waals surface area contributed by atoms with Crippen LogP contribution in [0.25, 0.3) is 0 Å². The summed E-state index contributed by atoms with van der Waals surface area (Å²) < 4.78 is 0. The van der Waals surface area contributed by atoms with Crippen molar-refractivity contribution in [1.82, 2.24) is 15.1 Å². The van der Waals surface area contributed by atoms with Gasteiger partial charge in [0.1, 0.15) is 6.54 Å². The minimum atomic E-state index is -0.107. The smallest absolute Gasteiger partial charge is 0.318 e. The molecule has 0 saturated heterocycles. The van der Waals surface area contributed by atoms with Crippen LogP contribution in [-0.4, -0.2) is 40.9 Å². The second-order valence-corrected chi connectivity index (χ2v) is 9.91. The minimum absolute atomic E-state index is 0.0169. The van der Waals surface area contributed by atoms with Crippen LogP contribution >= 0.6 is 11.3 Å². The third-order valence-corrected chi connectivity index (χ3v) is 6.49. The minimum Gasteiger partial charge on any atom is -0.335 e. The number of nitrogens with one attached hydrogen (secondary N) is 1. The van der Waals surface area contributed by atoms with Gasteiger partial charge in [0, 0.05) is 24.0 Å². The maximum Gasteiger partial charge on any atom is 0.318 e. The van der Waals surface area contributed by atoms with Gasteiger partial charge in [0.15, 0.2) is 0 Å². The van der Waals surface area contributed by atoms with Crippen LogP contribution in [0.1, 0.15) is 56.4 Å². The highest BCUT2D eigenvalue weighted by Crippen LogP contribution is 2.18. The molecule has 1 N–H and O–H groups in total. The molecule has 1 aliphatic rings. The lowest BCUT2D eigenvalue weighted by Crippen LogP contribution is -2.50. The van der Waals surface area contributed by atoms with Crippen LogP contribution in [0.4, 0.5) is 4.79 Å². The molecule has 0 bridgehead atoms. The zero-order chi connectivity index (χ0) is 22.1. The predicted molar refractivity (Wildman–Crippen MR) is 127 cm³/mol. The van der Waals surface area contributed by atoms with Gasteiger partial charge in [0.05, 0.1) is 6.54 Å². The number of hydrogen-bond donors (Lipinski definition) is 1. The van der Waals surface area contributed by atoms with Crippen LogP contribution in [0.3, 0.4) is 0 Å². The van der Waals surface area contributed by atoms with Gasteiger partial charge in [0.2, 0.25) is 5.91 Å². The molecule has 3 rings (SSSR count). The molecule has 168 valence electrons. The number of carbonyl (C=O) groups is 2. The summed E-state index contributed by atoms with van der Waals surface area (Å²) >= 11 is 1.65. The summed E-state index contributed by atoms with van der Waals surface area (Å²) in [6.07, 6.45) is 5.65. The van der Waals surface area contributed by atoms with E-state index in [-0.39, 0.29) is 24.5 Å². The molecule has 1 aromatic carbocycles. The third kappa shape index (κ3) is 7.69. The van der Waals surface area contributed by atoms with E-state index in [0.717, 1.165) is 23.3 Å². The van der Waals surface area contributed by atoms with Crippen molar-refractivity contribution in [3.63, 3.8) is 0 Å². The number of urea groups is 1. The number of rotatable bonds is 9. The van der Waals surface area contributed by atoms with E-state index in [4.69, 9.17) is 0 Å². The van der Waals surface area contributed by atoms with Gasteiger partial charge in [-0.15, -0.1) is 11.3 Å². The Morgan fingerprint density at radius 1 is 1.00 bits per heavy atom. The molecule has 6 heteroatoms. The molecule has 3 amide bonds. The number of carbonyl (C=O) groups excluding carboxylic acids is 2. The fraction of sp³-hybridized carbons (Fsp3) is 0.520. The molecule has 0 aliphatic heterocycles. The van der Waals surface area contributed by atoms with Crippen molar-refractivity contribution in [3.05, 3.63) is 58.3 Å². The fourth-order valence-electron chi connectivity index (χ4n) is 4.06. The fourth-order valence-corrected chi connectivity index (χ4v) is 4.78. The van der Waals surface area contributed by atoms with Crippen molar-refractivity contribution < 1.29 is 9.59 Å². The van der Waals surface area contributed by atoms with Crippen molar-refractivity contribution in [3.8, 4) is 0 Å². The molecule has 1 heterocycles. The molecule has 1 aromatic heterocycles. The number of benzene rings is 1. The monoisotopic (exact) mass is 441 g/mol. The molecule has 0 atom stereocenters. The van der Waals surface area contributed by atoms with Gasteiger partial charge in [-0.1, -0.05) is 69.5 Å². The average Bonchev–Trinajstić information content (AvgIpc) is 3.27. The molecule has 0 spiro atoms. The van der Waals surface area contributed by atoms with Crippen molar-refractivity contribution in [1.29, 1.82) is 0 Å². The third-order valence-electron chi connectivity index (χ3n) is 5.63. The van der Waals surface area contributed by atoms with E-state index in [9.17, 15) is 9.59 Å². The van der Waals surface area contributed by atoms with Crippen molar-refractivity contribution in [2.24, 2.45) is 5.92 Å². The SMILES string of the molecule is CC(C)CN(CC(=O)N(Cc1ccccc1)Cc1cccs1)C(=O)NC1CCCCC1. The summed E-state index contributed by atoms with van der Waals surface area (Å²) in [4.78, 5) is 31.1. The average molecular weight is 442 g/mol. The second-order valence-electron chi connectivity index (χ2n) is 8.87. The van der Waals surface area contributed by atoms with E-state index in [2.05, 4.69) is 25.2 Å². The van der Waals surface area contributed by atoms with Gasteiger partial charge in [-0.3, -0.25) is 4.79 Å². The van der Waals surface area contributed by atoms with Crippen LogP contribution < -0.4 is 5.32 Å². The number of thiophene rings is 1. The zero-order valence-corrected chi connectivity index (χ0v) is 19.6. The van der Waals surface area contributed by atoms with E-state index in [1.165, 1.54) is 19.3 Å². The van der Waals surface area contributed by atoms with E-state index in [1.54, 1.807) is 16.2 Å². The molecule has 1 fully saturated rings. The number of amides is 3. The molecule has 0 unspecified atom stereocenters. The Labute approximate surface area is 190 Å². The summed E-state index contributed by atoms with van der Waals surface area (Å²) in [5.41, 5.74) is 1.09. The van der Waals surface area contributed by atoms with E-state index >= 15 is 0 Å². The Hall–Kier alpha value is -2.34. The summed E-state index contributed by atoms with van der Waals surface area (Å²) in [6, 6.07) is 14.2. The van der Waals surface area contributed by atoms with Crippen molar-refractivity contribution in [2.75, 3.05) is 13.1 Å². The zero-order valence-electron chi connectivity index (χ0n) is 18.8. The van der Waals surface area contributed by atoms with Gasteiger partial charge in [-0.25, -0.2) is 4.79 Å². The van der Waals surface area contributed by atoms with Gasteiger partial charge in [0.25, 0.3) is 0 Å². The number of hydrogen-bond acceptors (Lipinski definition) is 3. The molecule has 1 aliphatic carbocycles. The second kappa shape index (κ2) is 11.9. The van der Waals surface area contributed by atoms with Gasteiger partial charge >= 0.3 is 6.03 Å². The molecular formula is C25H35N3O2S. The summed E-state index contributed by atoms with van der Waals surface area (Å²) in [5, 5.41) is 5.21. The van der Waals surface area contributed by atoms with E-state index in [1.807, 2.05) is 46.7 Å². The highest BCUT2D eigenvalue weighted by Gasteiger charge is 2.25. The van der Waals surface area contributed by atoms with Crippen molar-refractivity contribution in [2.45, 2.75) is 65.1 Å². The van der Waals surface area contributed by atoms with Gasteiger partial charge in [-0.2, -0.15) is 0 Å². The Kier molecular flexibility index (Phi) is 8.95. The van der Waals surface area contributed by atoms with Crippen LogP contribution in [0.15, 0.2) is 47.8 Å². The summed E-state index contributed by atoms with van der Waals surface area (Å²) in [7, 11) is 0.